The Hall–Kier alpha value is -1.63. The van der Waals surface area contributed by atoms with Crippen molar-refractivity contribution in [3.8, 4) is 16.2 Å². The topological polar surface area (TPSA) is 63.4 Å². The summed E-state index contributed by atoms with van der Waals surface area (Å²) in [6, 6.07) is 8.01. The molecule has 21 heavy (non-hydrogen) atoms. The molecular formula is C15H22N4OS. The Kier molecular flexibility index (Phi) is 5.55. The van der Waals surface area contributed by atoms with Crippen molar-refractivity contribution in [2.24, 2.45) is 0 Å². The lowest BCUT2D eigenvalue weighted by molar-refractivity contribution is 0.325. The number of ether oxygens (including phenoxy) is 1. The maximum atomic E-state index is 5.90. The number of nitrogens with two attached hydrogens (primary N) is 1. The smallest absolute Gasteiger partial charge is 0.180 e. The number of rotatable bonds is 7. The molecule has 0 saturated heterocycles. The van der Waals surface area contributed by atoms with Gasteiger partial charge >= 0.3 is 0 Å². The van der Waals surface area contributed by atoms with Gasteiger partial charge in [0.05, 0.1) is 17.7 Å². The number of benzene rings is 1. The summed E-state index contributed by atoms with van der Waals surface area (Å²) < 4.78 is 5.20. The molecule has 0 aliphatic rings. The zero-order chi connectivity index (χ0) is 15.2. The Bertz CT molecular complexity index is 568. The largest absolute Gasteiger partial charge is 0.497 e. The van der Waals surface area contributed by atoms with Gasteiger partial charge in [0.1, 0.15) is 5.75 Å². The summed E-state index contributed by atoms with van der Waals surface area (Å²) >= 11 is 1.53. The van der Waals surface area contributed by atoms with E-state index in [1.807, 2.05) is 31.3 Å². The van der Waals surface area contributed by atoms with Gasteiger partial charge in [0.25, 0.3) is 0 Å². The lowest BCUT2D eigenvalue weighted by Gasteiger charge is -2.15. The standard InChI is InChI=1S/C15H22N4OS/c1-17-8-9-19(2)10-13-14(21-15(16)18-13)11-4-6-12(20-3)7-5-11/h4-7,17H,8-10H2,1-3H3,(H2,16,18). The van der Waals surface area contributed by atoms with Gasteiger partial charge in [-0.15, -0.1) is 0 Å². The van der Waals surface area contributed by atoms with E-state index >= 15 is 0 Å². The monoisotopic (exact) mass is 306 g/mol. The Balaban J connectivity index is 2.19. The van der Waals surface area contributed by atoms with E-state index in [0.717, 1.165) is 41.5 Å². The molecule has 1 aromatic heterocycles. The average molecular weight is 306 g/mol. The molecule has 5 nitrogen and oxygen atoms in total. The van der Waals surface area contributed by atoms with Gasteiger partial charge < -0.3 is 15.8 Å². The van der Waals surface area contributed by atoms with Crippen LogP contribution in [0.3, 0.4) is 0 Å². The number of hydrogen-bond acceptors (Lipinski definition) is 6. The van der Waals surface area contributed by atoms with Crippen LogP contribution in [0.15, 0.2) is 24.3 Å². The summed E-state index contributed by atoms with van der Waals surface area (Å²) in [5, 5.41) is 3.76. The normalized spacial score (nSPS) is 11.0. The van der Waals surface area contributed by atoms with Crippen molar-refractivity contribution in [2.45, 2.75) is 6.54 Å². The van der Waals surface area contributed by atoms with Gasteiger partial charge in [-0.1, -0.05) is 11.3 Å². The maximum Gasteiger partial charge on any atom is 0.180 e. The quantitative estimate of drug-likeness (QED) is 0.820. The van der Waals surface area contributed by atoms with Crippen LogP contribution in [0.5, 0.6) is 5.75 Å². The summed E-state index contributed by atoms with van der Waals surface area (Å²) in [7, 11) is 5.71. The first-order valence-electron chi connectivity index (χ1n) is 6.86. The van der Waals surface area contributed by atoms with Crippen LogP contribution in [0.1, 0.15) is 5.69 Å². The van der Waals surface area contributed by atoms with Gasteiger partial charge in [-0.3, -0.25) is 4.90 Å². The third-order valence-corrected chi connectivity index (χ3v) is 4.21. The fourth-order valence-corrected chi connectivity index (χ4v) is 2.93. The van der Waals surface area contributed by atoms with Crippen LogP contribution in [0.25, 0.3) is 10.4 Å². The number of hydrogen-bond donors (Lipinski definition) is 2. The predicted octanol–water partition coefficient (Wildman–Crippen LogP) is 2.05. The second-order valence-electron chi connectivity index (χ2n) is 4.90. The molecule has 0 unspecified atom stereocenters. The number of anilines is 1. The molecule has 0 fully saturated rings. The number of likely N-dealkylation sites (N-methyl/N-ethyl adjacent to an activating group) is 2. The second-order valence-corrected chi connectivity index (χ2v) is 5.93. The van der Waals surface area contributed by atoms with Gasteiger partial charge in [0, 0.05) is 19.6 Å². The van der Waals surface area contributed by atoms with E-state index in [-0.39, 0.29) is 0 Å². The lowest BCUT2D eigenvalue weighted by Crippen LogP contribution is -2.27. The summed E-state index contributed by atoms with van der Waals surface area (Å²) in [4.78, 5) is 7.85. The highest BCUT2D eigenvalue weighted by atomic mass is 32.1. The van der Waals surface area contributed by atoms with Crippen molar-refractivity contribution in [1.82, 2.24) is 15.2 Å². The molecule has 0 radical (unpaired) electrons. The minimum Gasteiger partial charge on any atom is -0.497 e. The molecule has 0 atom stereocenters. The highest BCUT2D eigenvalue weighted by Crippen LogP contribution is 2.33. The molecule has 0 amide bonds. The number of nitrogen functional groups attached to an aromatic ring is 1. The molecule has 6 heteroatoms. The van der Waals surface area contributed by atoms with Crippen molar-refractivity contribution < 1.29 is 4.74 Å². The Morgan fingerprint density at radius 2 is 2.05 bits per heavy atom. The third kappa shape index (κ3) is 4.17. The highest BCUT2D eigenvalue weighted by molar-refractivity contribution is 7.18. The van der Waals surface area contributed by atoms with Crippen molar-refractivity contribution in [1.29, 1.82) is 0 Å². The van der Waals surface area contributed by atoms with E-state index in [0.29, 0.717) is 5.13 Å². The third-order valence-electron chi connectivity index (χ3n) is 3.23. The molecule has 3 N–H and O–H groups in total. The van der Waals surface area contributed by atoms with E-state index in [4.69, 9.17) is 10.5 Å². The first-order chi connectivity index (χ1) is 10.1. The van der Waals surface area contributed by atoms with Crippen molar-refractivity contribution >= 4 is 16.5 Å². The Labute approximate surface area is 129 Å². The zero-order valence-corrected chi connectivity index (χ0v) is 13.5. The number of aromatic nitrogens is 1. The number of nitrogens with zero attached hydrogens (tertiary/aromatic N) is 2. The Morgan fingerprint density at radius 3 is 2.67 bits per heavy atom. The molecule has 114 valence electrons. The molecule has 2 aromatic rings. The van der Waals surface area contributed by atoms with Crippen LogP contribution < -0.4 is 15.8 Å². The van der Waals surface area contributed by atoms with Gasteiger partial charge in [-0.25, -0.2) is 4.98 Å². The molecule has 2 rings (SSSR count). The van der Waals surface area contributed by atoms with Gasteiger partial charge in [0.15, 0.2) is 5.13 Å². The first kappa shape index (κ1) is 15.8. The minimum atomic E-state index is 0.609. The molecule has 0 spiro atoms. The van der Waals surface area contributed by atoms with Gasteiger partial charge in [-0.2, -0.15) is 0 Å². The summed E-state index contributed by atoms with van der Waals surface area (Å²) in [5.41, 5.74) is 8.06. The number of thiazole rings is 1. The van der Waals surface area contributed by atoms with Crippen LogP contribution >= 0.6 is 11.3 Å². The van der Waals surface area contributed by atoms with Crippen LogP contribution in [-0.2, 0) is 6.54 Å². The lowest BCUT2D eigenvalue weighted by atomic mass is 10.1. The maximum absolute atomic E-state index is 5.90. The van der Waals surface area contributed by atoms with E-state index in [2.05, 4.69) is 22.2 Å². The van der Waals surface area contributed by atoms with Crippen molar-refractivity contribution in [2.75, 3.05) is 40.0 Å². The summed E-state index contributed by atoms with van der Waals surface area (Å²) in [6.45, 7) is 2.71. The minimum absolute atomic E-state index is 0.609. The molecule has 1 heterocycles. The summed E-state index contributed by atoms with van der Waals surface area (Å²) in [6.07, 6.45) is 0. The fourth-order valence-electron chi connectivity index (χ4n) is 2.08. The van der Waals surface area contributed by atoms with Crippen LogP contribution in [0, 0.1) is 0 Å². The van der Waals surface area contributed by atoms with Crippen LogP contribution in [0.4, 0.5) is 5.13 Å². The van der Waals surface area contributed by atoms with Crippen LogP contribution in [0.2, 0.25) is 0 Å². The molecule has 1 aromatic carbocycles. The molecule has 0 aliphatic heterocycles. The van der Waals surface area contributed by atoms with E-state index in [1.165, 1.54) is 11.3 Å². The first-order valence-corrected chi connectivity index (χ1v) is 7.68. The SMILES string of the molecule is CNCCN(C)Cc1nc(N)sc1-c1ccc(OC)cc1. The molecule has 0 aliphatic carbocycles. The predicted molar refractivity (Wildman–Crippen MR) is 88.8 cm³/mol. The van der Waals surface area contributed by atoms with Gasteiger partial charge in [-0.05, 0) is 43.9 Å². The molecule has 0 bridgehead atoms. The number of nitrogens with one attached hydrogen (secondary N) is 1. The zero-order valence-electron chi connectivity index (χ0n) is 12.7. The second kappa shape index (κ2) is 7.40. The van der Waals surface area contributed by atoms with Crippen molar-refractivity contribution in [3.63, 3.8) is 0 Å². The summed E-state index contributed by atoms with van der Waals surface area (Å²) in [5.74, 6) is 0.851. The molecule has 0 saturated carbocycles. The van der Waals surface area contributed by atoms with Crippen molar-refractivity contribution in [3.05, 3.63) is 30.0 Å². The highest BCUT2D eigenvalue weighted by Gasteiger charge is 2.13. The molecular weight excluding hydrogens is 284 g/mol. The number of methoxy groups -OCH3 is 1. The Morgan fingerprint density at radius 1 is 1.33 bits per heavy atom. The average Bonchev–Trinajstić information content (AvgIpc) is 2.85. The van der Waals surface area contributed by atoms with Gasteiger partial charge in [0.2, 0.25) is 0 Å². The van der Waals surface area contributed by atoms with E-state index < -0.39 is 0 Å². The van der Waals surface area contributed by atoms with E-state index in [9.17, 15) is 0 Å². The van der Waals surface area contributed by atoms with Crippen LogP contribution in [-0.4, -0.2) is 44.2 Å². The van der Waals surface area contributed by atoms with E-state index in [1.54, 1.807) is 7.11 Å². The fraction of sp³-hybridized carbons (Fsp3) is 0.400.